The van der Waals surface area contributed by atoms with E-state index < -0.39 is 0 Å². The number of nitrogens with one attached hydrogen (secondary N) is 1. The van der Waals surface area contributed by atoms with E-state index in [1.807, 2.05) is 26.0 Å². The second kappa shape index (κ2) is 7.82. The first-order chi connectivity index (χ1) is 8.65. The number of ether oxygens (including phenoxy) is 1. The van der Waals surface area contributed by atoms with Gasteiger partial charge in [-0.2, -0.15) is 0 Å². The second-order valence-corrected chi connectivity index (χ2v) is 4.68. The smallest absolute Gasteiger partial charge is 0.310 e. The van der Waals surface area contributed by atoms with E-state index in [0.29, 0.717) is 6.54 Å². The van der Waals surface area contributed by atoms with Crippen LogP contribution in [0.15, 0.2) is 24.5 Å². The number of hydrogen-bond acceptors (Lipinski definition) is 4. The molecule has 1 rings (SSSR count). The van der Waals surface area contributed by atoms with Gasteiger partial charge < -0.3 is 10.1 Å². The van der Waals surface area contributed by atoms with Crippen LogP contribution in [-0.4, -0.2) is 31.2 Å². The number of aromatic nitrogens is 1. The summed E-state index contributed by atoms with van der Waals surface area (Å²) in [5.41, 5.74) is 1.25. The van der Waals surface area contributed by atoms with Crippen LogP contribution < -0.4 is 5.32 Å². The van der Waals surface area contributed by atoms with Gasteiger partial charge in [-0.05, 0) is 36.6 Å². The molecular formula is C14H22N2O2. The summed E-state index contributed by atoms with van der Waals surface area (Å²) in [5.74, 6) is 0.0692. The normalized spacial score (nSPS) is 12.4. The standard InChI is InChI=1S/C14H22N2O2/c1-11(2)13(14(17)18-3)10-16-9-6-12-4-7-15-8-5-12/h4-5,7-8,11,13,16H,6,9-10H2,1-3H3. The van der Waals surface area contributed by atoms with E-state index >= 15 is 0 Å². The van der Waals surface area contributed by atoms with E-state index in [4.69, 9.17) is 4.74 Å². The Morgan fingerprint density at radius 1 is 1.39 bits per heavy atom. The summed E-state index contributed by atoms with van der Waals surface area (Å²) in [6, 6.07) is 4.00. The van der Waals surface area contributed by atoms with Crippen molar-refractivity contribution in [3.8, 4) is 0 Å². The summed E-state index contributed by atoms with van der Waals surface area (Å²) < 4.78 is 4.80. The van der Waals surface area contributed by atoms with Crippen LogP contribution in [0.25, 0.3) is 0 Å². The molecule has 4 heteroatoms. The van der Waals surface area contributed by atoms with Gasteiger partial charge in [-0.25, -0.2) is 0 Å². The molecule has 1 unspecified atom stereocenters. The molecule has 0 bridgehead atoms. The van der Waals surface area contributed by atoms with Gasteiger partial charge in [0, 0.05) is 18.9 Å². The lowest BCUT2D eigenvalue weighted by molar-refractivity contribution is -0.146. The molecule has 1 heterocycles. The Morgan fingerprint density at radius 3 is 2.61 bits per heavy atom. The van der Waals surface area contributed by atoms with Gasteiger partial charge in [0.1, 0.15) is 0 Å². The molecule has 1 N–H and O–H groups in total. The highest BCUT2D eigenvalue weighted by Gasteiger charge is 2.22. The van der Waals surface area contributed by atoms with Crippen molar-refractivity contribution in [3.05, 3.63) is 30.1 Å². The summed E-state index contributed by atoms with van der Waals surface area (Å²) in [5, 5.41) is 3.31. The molecule has 0 saturated carbocycles. The van der Waals surface area contributed by atoms with Crippen LogP contribution in [0.4, 0.5) is 0 Å². The number of methoxy groups -OCH3 is 1. The molecule has 0 aliphatic carbocycles. The topological polar surface area (TPSA) is 51.2 Å². The number of pyridine rings is 1. The van der Waals surface area contributed by atoms with Crippen LogP contribution >= 0.6 is 0 Å². The Hall–Kier alpha value is -1.42. The predicted molar refractivity (Wildman–Crippen MR) is 71.2 cm³/mol. The quantitative estimate of drug-likeness (QED) is 0.590. The van der Waals surface area contributed by atoms with Crippen molar-refractivity contribution >= 4 is 5.97 Å². The van der Waals surface area contributed by atoms with Gasteiger partial charge in [0.15, 0.2) is 0 Å². The molecule has 0 spiro atoms. The molecule has 0 radical (unpaired) electrons. The molecule has 1 atom stereocenters. The summed E-state index contributed by atoms with van der Waals surface area (Å²) in [4.78, 5) is 15.5. The van der Waals surface area contributed by atoms with Gasteiger partial charge >= 0.3 is 5.97 Å². The van der Waals surface area contributed by atoms with Crippen molar-refractivity contribution < 1.29 is 9.53 Å². The van der Waals surface area contributed by atoms with Crippen LogP contribution in [0, 0.1) is 11.8 Å². The molecule has 1 aromatic heterocycles. The molecule has 18 heavy (non-hydrogen) atoms. The van der Waals surface area contributed by atoms with E-state index in [2.05, 4.69) is 10.3 Å². The van der Waals surface area contributed by atoms with Gasteiger partial charge in [0.05, 0.1) is 13.0 Å². The molecule has 0 saturated heterocycles. The summed E-state index contributed by atoms with van der Waals surface area (Å²) in [6.45, 7) is 5.58. The molecule has 0 aliphatic rings. The second-order valence-electron chi connectivity index (χ2n) is 4.68. The van der Waals surface area contributed by atoms with E-state index in [1.165, 1.54) is 12.7 Å². The van der Waals surface area contributed by atoms with Crippen molar-refractivity contribution in [1.82, 2.24) is 10.3 Å². The highest BCUT2D eigenvalue weighted by atomic mass is 16.5. The van der Waals surface area contributed by atoms with Gasteiger partial charge in [-0.3, -0.25) is 9.78 Å². The average Bonchev–Trinajstić information content (AvgIpc) is 2.38. The largest absolute Gasteiger partial charge is 0.469 e. The van der Waals surface area contributed by atoms with Crippen molar-refractivity contribution in [1.29, 1.82) is 0 Å². The summed E-state index contributed by atoms with van der Waals surface area (Å²) >= 11 is 0. The summed E-state index contributed by atoms with van der Waals surface area (Å²) in [6.07, 6.45) is 4.52. The van der Waals surface area contributed by atoms with Crippen LogP contribution in [0.2, 0.25) is 0 Å². The lowest BCUT2D eigenvalue weighted by Gasteiger charge is -2.18. The number of esters is 1. The maximum Gasteiger partial charge on any atom is 0.310 e. The summed E-state index contributed by atoms with van der Waals surface area (Å²) in [7, 11) is 1.44. The third-order valence-electron chi connectivity index (χ3n) is 3.01. The number of nitrogens with zero attached hydrogens (tertiary/aromatic N) is 1. The van der Waals surface area contributed by atoms with E-state index in [1.54, 1.807) is 12.4 Å². The van der Waals surface area contributed by atoms with Gasteiger partial charge in [0.25, 0.3) is 0 Å². The van der Waals surface area contributed by atoms with Crippen LogP contribution in [-0.2, 0) is 16.0 Å². The Balaban J connectivity index is 2.29. The number of carbonyl (C=O) groups excluding carboxylic acids is 1. The van der Waals surface area contributed by atoms with Gasteiger partial charge in [0.2, 0.25) is 0 Å². The third-order valence-corrected chi connectivity index (χ3v) is 3.01. The number of rotatable bonds is 7. The highest BCUT2D eigenvalue weighted by Crippen LogP contribution is 2.11. The fourth-order valence-electron chi connectivity index (χ4n) is 1.78. The molecular weight excluding hydrogens is 228 g/mol. The minimum atomic E-state index is -0.138. The van der Waals surface area contributed by atoms with Crippen molar-refractivity contribution in [2.24, 2.45) is 11.8 Å². The van der Waals surface area contributed by atoms with Gasteiger partial charge in [-0.15, -0.1) is 0 Å². The van der Waals surface area contributed by atoms with Crippen molar-refractivity contribution in [3.63, 3.8) is 0 Å². The molecule has 100 valence electrons. The zero-order chi connectivity index (χ0) is 13.4. The van der Waals surface area contributed by atoms with Crippen LogP contribution in [0.1, 0.15) is 19.4 Å². The number of carbonyl (C=O) groups is 1. The average molecular weight is 250 g/mol. The van der Waals surface area contributed by atoms with E-state index in [0.717, 1.165) is 13.0 Å². The number of hydrogen-bond donors (Lipinski definition) is 1. The minimum absolute atomic E-state index is 0.0764. The lowest BCUT2D eigenvalue weighted by Crippen LogP contribution is -2.33. The van der Waals surface area contributed by atoms with E-state index in [9.17, 15) is 4.79 Å². The maximum atomic E-state index is 11.5. The maximum absolute atomic E-state index is 11.5. The van der Waals surface area contributed by atoms with Crippen LogP contribution in [0.5, 0.6) is 0 Å². The van der Waals surface area contributed by atoms with Gasteiger partial charge in [-0.1, -0.05) is 13.8 Å². The highest BCUT2D eigenvalue weighted by molar-refractivity contribution is 5.72. The fourth-order valence-corrected chi connectivity index (χ4v) is 1.78. The van der Waals surface area contributed by atoms with Crippen LogP contribution in [0.3, 0.4) is 0 Å². The van der Waals surface area contributed by atoms with Crippen molar-refractivity contribution in [2.75, 3.05) is 20.2 Å². The molecule has 0 amide bonds. The minimum Gasteiger partial charge on any atom is -0.469 e. The molecule has 0 aromatic carbocycles. The molecule has 4 nitrogen and oxygen atoms in total. The molecule has 0 fully saturated rings. The Labute approximate surface area is 109 Å². The Kier molecular flexibility index (Phi) is 6.36. The van der Waals surface area contributed by atoms with Crippen molar-refractivity contribution in [2.45, 2.75) is 20.3 Å². The monoisotopic (exact) mass is 250 g/mol. The predicted octanol–water partition coefficient (Wildman–Crippen LogP) is 1.66. The zero-order valence-electron chi connectivity index (χ0n) is 11.3. The van der Waals surface area contributed by atoms with E-state index in [-0.39, 0.29) is 17.8 Å². The SMILES string of the molecule is COC(=O)C(CNCCc1ccncc1)C(C)C. The first kappa shape index (κ1) is 14.6. The molecule has 1 aromatic rings. The first-order valence-corrected chi connectivity index (χ1v) is 6.32. The zero-order valence-corrected chi connectivity index (χ0v) is 11.3. The first-order valence-electron chi connectivity index (χ1n) is 6.32. The Morgan fingerprint density at radius 2 is 2.06 bits per heavy atom. The Bertz CT molecular complexity index is 352. The lowest BCUT2D eigenvalue weighted by atomic mass is 9.96. The fraction of sp³-hybridized carbons (Fsp3) is 0.571. The molecule has 0 aliphatic heterocycles. The third kappa shape index (κ3) is 4.84.